The molecule has 0 spiro atoms. The van der Waals surface area contributed by atoms with Crippen molar-refractivity contribution in [3.05, 3.63) is 11.3 Å². The second-order valence-electron chi connectivity index (χ2n) is 3.06. The molecule has 1 aromatic rings. The van der Waals surface area contributed by atoms with E-state index in [-0.39, 0.29) is 0 Å². The molecule has 0 saturated heterocycles. The first kappa shape index (κ1) is 6.70. The lowest BCUT2D eigenvalue weighted by atomic mass is 10.2. The molecule has 2 heterocycles. The van der Waals surface area contributed by atoms with Gasteiger partial charge in [0.15, 0.2) is 0 Å². The maximum atomic E-state index is 4.40. The Kier molecular flexibility index (Phi) is 1.37. The number of nitrogens with one attached hydrogen (secondary N) is 1. The summed E-state index contributed by atoms with van der Waals surface area (Å²) in [5.41, 5.74) is 2.44. The molecule has 0 atom stereocenters. The zero-order valence-electron chi connectivity index (χ0n) is 7.02. The van der Waals surface area contributed by atoms with E-state index in [1.807, 2.05) is 0 Å². The molecule has 0 saturated carbocycles. The smallest absolute Gasteiger partial charge is 0.127 e. The van der Waals surface area contributed by atoms with Crippen LogP contribution < -0.4 is 5.32 Å². The standard InChI is InChI=1S/C8H13N3/c1-6-7(2)10-11-5-3-4-9-8(6)11/h9H,3-5H2,1-2H3. The van der Waals surface area contributed by atoms with E-state index in [1.54, 1.807) is 0 Å². The van der Waals surface area contributed by atoms with E-state index in [9.17, 15) is 0 Å². The maximum absolute atomic E-state index is 4.40. The zero-order valence-corrected chi connectivity index (χ0v) is 7.02. The summed E-state index contributed by atoms with van der Waals surface area (Å²) in [4.78, 5) is 0. The third-order valence-corrected chi connectivity index (χ3v) is 2.27. The van der Waals surface area contributed by atoms with E-state index >= 15 is 0 Å². The van der Waals surface area contributed by atoms with E-state index < -0.39 is 0 Å². The highest BCUT2D eigenvalue weighted by Crippen LogP contribution is 2.20. The number of nitrogens with zero attached hydrogens (tertiary/aromatic N) is 2. The Morgan fingerprint density at radius 1 is 1.45 bits per heavy atom. The third-order valence-electron chi connectivity index (χ3n) is 2.27. The molecule has 1 N–H and O–H groups in total. The first-order valence-electron chi connectivity index (χ1n) is 4.07. The van der Waals surface area contributed by atoms with Crippen molar-refractivity contribution in [2.45, 2.75) is 26.8 Å². The SMILES string of the molecule is Cc1nn2c(c1C)NCCC2. The highest BCUT2D eigenvalue weighted by Gasteiger charge is 2.13. The number of fused-ring (bicyclic) bond motifs is 1. The zero-order chi connectivity index (χ0) is 7.84. The first-order chi connectivity index (χ1) is 5.29. The van der Waals surface area contributed by atoms with E-state index in [4.69, 9.17) is 0 Å². The largest absolute Gasteiger partial charge is 0.370 e. The number of rotatable bonds is 0. The molecular formula is C8H13N3. The predicted octanol–water partition coefficient (Wildman–Crippen LogP) is 1.32. The molecule has 3 heteroatoms. The molecule has 0 aliphatic carbocycles. The third kappa shape index (κ3) is 0.914. The Morgan fingerprint density at radius 2 is 2.27 bits per heavy atom. The van der Waals surface area contributed by atoms with Crippen LogP contribution in [0.15, 0.2) is 0 Å². The molecule has 60 valence electrons. The summed E-state index contributed by atoms with van der Waals surface area (Å²) in [5, 5.41) is 7.76. The van der Waals surface area contributed by atoms with Gasteiger partial charge in [-0.05, 0) is 20.3 Å². The van der Waals surface area contributed by atoms with E-state index in [2.05, 4.69) is 28.9 Å². The molecule has 0 unspecified atom stereocenters. The Hall–Kier alpha value is -0.990. The van der Waals surface area contributed by atoms with Gasteiger partial charge < -0.3 is 5.32 Å². The van der Waals surface area contributed by atoms with Crippen molar-refractivity contribution in [1.29, 1.82) is 0 Å². The van der Waals surface area contributed by atoms with E-state index in [0.29, 0.717) is 0 Å². The molecule has 1 aliphatic heterocycles. The number of aromatic nitrogens is 2. The fraction of sp³-hybridized carbons (Fsp3) is 0.625. The molecule has 0 radical (unpaired) electrons. The minimum atomic E-state index is 1.07. The average Bonchev–Trinajstić information content (AvgIpc) is 2.30. The number of aryl methyl sites for hydroxylation is 2. The van der Waals surface area contributed by atoms with Gasteiger partial charge in [0.05, 0.1) is 5.69 Å². The summed E-state index contributed by atoms with van der Waals surface area (Å²) >= 11 is 0. The molecule has 1 aliphatic rings. The lowest BCUT2D eigenvalue weighted by Crippen LogP contribution is -2.17. The van der Waals surface area contributed by atoms with Gasteiger partial charge in [-0.15, -0.1) is 0 Å². The van der Waals surface area contributed by atoms with Crippen LogP contribution in [0, 0.1) is 13.8 Å². The summed E-state index contributed by atoms with van der Waals surface area (Å²) in [6, 6.07) is 0. The lowest BCUT2D eigenvalue weighted by Gasteiger charge is -2.15. The van der Waals surface area contributed by atoms with Crippen LogP contribution in [0.5, 0.6) is 0 Å². The normalized spacial score (nSPS) is 15.8. The van der Waals surface area contributed by atoms with Crippen molar-refractivity contribution < 1.29 is 0 Å². The molecule has 0 fully saturated rings. The minimum Gasteiger partial charge on any atom is -0.370 e. The second-order valence-corrected chi connectivity index (χ2v) is 3.06. The number of hydrogen-bond acceptors (Lipinski definition) is 2. The summed E-state index contributed by atoms with van der Waals surface area (Å²) in [6.45, 7) is 6.33. The Balaban J connectivity index is 2.50. The molecule has 0 amide bonds. The fourth-order valence-corrected chi connectivity index (χ4v) is 1.49. The summed E-state index contributed by atoms with van der Waals surface area (Å²) in [5.74, 6) is 1.22. The van der Waals surface area contributed by atoms with Crippen LogP contribution in [0.4, 0.5) is 5.82 Å². The van der Waals surface area contributed by atoms with Crippen LogP contribution in [0.1, 0.15) is 17.7 Å². The molecule has 0 bridgehead atoms. The van der Waals surface area contributed by atoms with Gasteiger partial charge in [0.1, 0.15) is 5.82 Å². The molecule has 3 nitrogen and oxygen atoms in total. The maximum Gasteiger partial charge on any atom is 0.127 e. The average molecular weight is 151 g/mol. The summed E-state index contributed by atoms with van der Waals surface area (Å²) in [7, 11) is 0. The summed E-state index contributed by atoms with van der Waals surface area (Å²) < 4.78 is 2.06. The van der Waals surface area contributed by atoms with Gasteiger partial charge in [-0.25, -0.2) is 4.68 Å². The fourth-order valence-electron chi connectivity index (χ4n) is 1.49. The van der Waals surface area contributed by atoms with Crippen molar-refractivity contribution in [3.63, 3.8) is 0 Å². The van der Waals surface area contributed by atoms with Crippen LogP contribution in [-0.4, -0.2) is 16.3 Å². The molecule has 0 aromatic carbocycles. The lowest BCUT2D eigenvalue weighted by molar-refractivity contribution is 0.564. The number of anilines is 1. The van der Waals surface area contributed by atoms with Gasteiger partial charge in [0, 0.05) is 18.7 Å². The predicted molar refractivity (Wildman–Crippen MR) is 44.8 cm³/mol. The van der Waals surface area contributed by atoms with Crippen molar-refractivity contribution in [1.82, 2.24) is 9.78 Å². The molecule has 1 aromatic heterocycles. The first-order valence-corrected chi connectivity index (χ1v) is 4.07. The Morgan fingerprint density at radius 3 is 3.00 bits per heavy atom. The quantitative estimate of drug-likeness (QED) is 0.606. The van der Waals surface area contributed by atoms with Crippen LogP contribution >= 0.6 is 0 Å². The van der Waals surface area contributed by atoms with Crippen LogP contribution in [0.3, 0.4) is 0 Å². The monoisotopic (exact) mass is 151 g/mol. The van der Waals surface area contributed by atoms with Crippen molar-refractivity contribution in [2.24, 2.45) is 0 Å². The van der Waals surface area contributed by atoms with Gasteiger partial charge in [0.2, 0.25) is 0 Å². The van der Waals surface area contributed by atoms with Gasteiger partial charge in [-0.1, -0.05) is 0 Å². The van der Waals surface area contributed by atoms with Gasteiger partial charge in [0.25, 0.3) is 0 Å². The second kappa shape index (κ2) is 2.26. The molecule has 2 rings (SSSR count). The minimum absolute atomic E-state index is 1.07. The van der Waals surface area contributed by atoms with Crippen molar-refractivity contribution in [3.8, 4) is 0 Å². The number of hydrogen-bond donors (Lipinski definition) is 1. The Labute approximate surface area is 66.4 Å². The van der Waals surface area contributed by atoms with Crippen LogP contribution in [0.25, 0.3) is 0 Å². The van der Waals surface area contributed by atoms with Crippen molar-refractivity contribution >= 4 is 5.82 Å². The van der Waals surface area contributed by atoms with E-state index in [0.717, 1.165) is 18.8 Å². The van der Waals surface area contributed by atoms with E-state index in [1.165, 1.54) is 17.8 Å². The van der Waals surface area contributed by atoms with Crippen LogP contribution in [-0.2, 0) is 6.54 Å². The van der Waals surface area contributed by atoms with Gasteiger partial charge in [-0.3, -0.25) is 0 Å². The highest BCUT2D eigenvalue weighted by atomic mass is 15.3. The van der Waals surface area contributed by atoms with Gasteiger partial charge >= 0.3 is 0 Å². The Bertz CT molecular complexity index is 275. The van der Waals surface area contributed by atoms with Crippen molar-refractivity contribution in [2.75, 3.05) is 11.9 Å². The highest BCUT2D eigenvalue weighted by molar-refractivity contribution is 5.47. The topological polar surface area (TPSA) is 29.9 Å². The summed E-state index contributed by atoms with van der Waals surface area (Å²) in [6.07, 6.45) is 1.19. The molecule has 11 heavy (non-hydrogen) atoms. The van der Waals surface area contributed by atoms with Gasteiger partial charge in [-0.2, -0.15) is 5.10 Å². The van der Waals surface area contributed by atoms with Crippen LogP contribution in [0.2, 0.25) is 0 Å². The molecular weight excluding hydrogens is 138 g/mol.